The second-order valence-electron chi connectivity index (χ2n) is 5.84. The van der Waals surface area contributed by atoms with E-state index < -0.39 is 17.7 Å². The number of nitrogens with one attached hydrogen (secondary N) is 2. The lowest BCUT2D eigenvalue weighted by atomic mass is 10.00. The number of H-pyrrole nitrogens is 1. The van der Waals surface area contributed by atoms with E-state index in [9.17, 15) is 13.9 Å². The van der Waals surface area contributed by atoms with Crippen LogP contribution in [0.15, 0.2) is 18.2 Å². The minimum atomic E-state index is -1.14. The summed E-state index contributed by atoms with van der Waals surface area (Å²) >= 11 is 0. The van der Waals surface area contributed by atoms with E-state index >= 15 is 0 Å². The van der Waals surface area contributed by atoms with Crippen molar-refractivity contribution in [3.8, 4) is 0 Å². The lowest BCUT2D eigenvalue weighted by Crippen LogP contribution is -2.22. The summed E-state index contributed by atoms with van der Waals surface area (Å²) in [5.41, 5.74) is -0.0667. The zero-order valence-electron chi connectivity index (χ0n) is 13.1. The van der Waals surface area contributed by atoms with Crippen LogP contribution >= 0.6 is 0 Å². The summed E-state index contributed by atoms with van der Waals surface area (Å²) in [7, 11) is 0. The highest BCUT2D eigenvalue weighted by molar-refractivity contribution is 5.21. The molecule has 1 aliphatic heterocycles. The Balaban J connectivity index is 1.51. The van der Waals surface area contributed by atoms with Crippen molar-refractivity contribution in [3.05, 3.63) is 47.0 Å². The van der Waals surface area contributed by atoms with Gasteiger partial charge in [-0.2, -0.15) is 5.10 Å². The maximum absolute atomic E-state index is 13.6. The molecule has 24 heavy (non-hydrogen) atoms. The number of rotatable bonds is 6. The van der Waals surface area contributed by atoms with Gasteiger partial charge in [-0.15, -0.1) is 0 Å². The highest BCUT2D eigenvalue weighted by Gasteiger charge is 2.20. The average Bonchev–Trinajstić information content (AvgIpc) is 3.06. The average molecular weight is 338 g/mol. The summed E-state index contributed by atoms with van der Waals surface area (Å²) in [6.07, 6.45) is 0.670. The Kier molecular flexibility index (Phi) is 5.49. The summed E-state index contributed by atoms with van der Waals surface area (Å²) in [4.78, 5) is 4.43. The first kappa shape index (κ1) is 16.9. The molecule has 2 aromatic rings. The Morgan fingerprint density at radius 2 is 2.12 bits per heavy atom. The van der Waals surface area contributed by atoms with Crippen molar-refractivity contribution >= 4 is 0 Å². The Bertz CT molecular complexity index is 674. The number of ether oxygens (including phenoxy) is 1. The van der Waals surface area contributed by atoms with E-state index in [0.29, 0.717) is 18.3 Å². The van der Waals surface area contributed by atoms with Gasteiger partial charge in [0.1, 0.15) is 17.5 Å². The van der Waals surface area contributed by atoms with Crippen LogP contribution < -0.4 is 5.32 Å². The molecule has 3 N–H and O–H groups in total. The predicted molar refractivity (Wildman–Crippen MR) is 82.2 cm³/mol. The molecule has 1 aromatic carbocycles. The molecule has 0 spiro atoms. The summed E-state index contributed by atoms with van der Waals surface area (Å²) in [5, 5.41) is 20.0. The summed E-state index contributed by atoms with van der Waals surface area (Å²) in [6, 6.07) is 3.02. The van der Waals surface area contributed by atoms with Gasteiger partial charge in [0.2, 0.25) is 0 Å². The molecule has 1 saturated heterocycles. The largest absolute Gasteiger partial charge is 0.387 e. The van der Waals surface area contributed by atoms with Gasteiger partial charge in [-0.3, -0.25) is 5.10 Å². The van der Waals surface area contributed by atoms with Crippen LogP contribution in [0.3, 0.4) is 0 Å². The van der Waals surface area contributed by atoms with Crippen molar-refractivity contribution in [2.75, 3.05) is 19.8 Å². The molecule has 1 atom stereocenters. The third-order valence-electron chi connectivity index (χ3n) is 4.08. The van der Waals surface area contributed by atoms with Gasteiger partial charge in [0.15, 0.2) is 5.82 Å². The van der Waals surface area contributed by atoms with E-state index in [0.717, 1.165) is 50.1 Å². The van der Waals surface area contributed by atoms with Crippen molar-refractivity contribution in [1.29, 1.82) is 0 Å². The lowest BCUT2D eigenvalue weighted by molar-refractivity contribution is 0.0836. The van der Waals surface area contributed by atoms with Gasteiger partial charge < -0.3 is 15.2 Å². The fourth-order valence-corrected chi connectivity index (χ4v) is 2.73. The Labute approximate surface area is 138 Å². The van der Waals surface area contributed by atoms with Crippen molar-refractivity contribution in [1.82, 2.24) is 20.5 Å². The first-order chi connectivity index (χ1) is 11.6. The van der Waals surface area contributed by atoms with E-state index in [2.05, 4.69) is 20.5 Å². The standard InChI is InChI=1S/C16H20F2N4O2/c17-11-1-2-13(18)12(7-11)14(23)8-19-9-15-20-16(22-21-15)10-3-5-24-6-4-10/h1-2,7,10,14,19,23H,3-6,8-9H2,(H,20,21,22). The van der Waals surface area contributed by atoms with E-state index in [1.807, 2.05) is 0 Å². The number of hydrogen-bond donors (Lipinski definition) is 3. The molecular weight excluding hydrogens is 318 g/mol. The zero-order chi connectivity index (χ0) is 16.9. The van der Waals surface area contributed by atoms with E-state index in [-0.39, 0.29) is 12.1 Å². The number of aromatic nitrogens is 3. The quantitative estimate of drug-likeness (QED) is 0.748. The molecule has 6 nitrogen and oxygen atoms in total. The van der Waals surface area contributed by atoms with Gasteiger partial charge in [0.05, 0.1) is 12.6 Å². The van der Waals surface area contributed by atoms with Crippen molar-refractivity contribution < 1.29 is 18.6 Å². The van der Waals surface area contributed by atoms with E-state index in [1.54, 1.807) is 0 Å². The molecule has 0 amide bonds. The number of nitrogens with zero attached hydrogens (tertiary/aromatic N) is 2. The minimum Gasteiger partial charge on any atom is -0.387 e. The fourth-order valence-electron chi connectivity index (χ4n) is 2.73. The second-order valence-corrected chi connectivity index (χ2v) is 5.84. The van der Waals surface area contributed by atoms with Gasteiger partial charge >= 0.3 is 0 Å². The number of halogens is 2. The molecule has 1 fully saturated rings. The molecule has 130 valence electrons. The van der Waals surface area contributed by atoms with Crippen LogP contribution in [0.5, 0.6) is 0 Å². The normalized spacial score (nSPS) is 17.1. The molecule has 3 rings (SSSR count). The van der Waals surface area contributed by atoms with E-state index in [4.69, 9.17) is 4.74 Å². The lowest BCUT2D eigenvalue weighted by Gasteiger charge is -2.18. The van der Waals surface area contributed by atoms with Crippen LogP contribution in [0.2, 0.25) is 0 Å². The Morgan fingerprint density at radius 1 is 1.33 bits per heavy atom. The third-order valence-corrected chi connectivity index (χ3v) is 4.08. The van der Waals surface area contributed by atoms with Gasteiger partial charge in [-0.05, 0) is 31.0 Å². The molecule has 8 heteroatoms. The predicted octanol–water partition coefficient (Wildman–Crippen LogP) is 1.80. The molecule has 1 unspecified atom stereocenters. The number of aliphatic hydroxyl groups excluding tert-OH is 1. The van der Waals surface area contributed by atoms with Crippen LogP contribution in [0.4, 0.5) is 8.78 Å². The van der Waals surface area contributed by atoms with Crippen LogP contribution in [-0.2, 0) is 11.3 Å². The minimum absolute atomic E-state index is 0.0667. The molecular formula is C16H20F2N4O2. The molecule has 2 heterocycles. The zero-order valence-corrected chi connectivity index (χ0v) is 13.1. The van der Waals surface area contributed by atoms with Crippen LogP contribution in [0, 0.1) is 11.6 Å². The SMILES string of the molecule is OC(CNCc1nc(C2CCOCC2)n[nH]1)c1cc(F)ccc1F. The van der Waals surface area contributed by atoms with Crippen molar-refractivity contribution in [2.45, 2.75) is 31.4 Å². The summed E-state index contributed by atoms with van der Waals surface area (Å²) in [6.45, 7) is 1.87. The molecule has 0 aliphatic carbocycles. The highest BCUT2D eigenvalue weighted by atomic mass is 19.1. The van der Waals surface area contributed by atoms with Gasteiger partial charge in [-0.25, -0.2) is 13.8 Å². The molecule has 0 radical (unpaired) electrons. The highest BCUT2D eigenvalue weighted by Crippen LogP contribution is 2.23. The first-order valence-electron chi connectivity index (χ1n) is 7.96. The molecule has 0 bridgehead atoms. The van der Waals surface area contributed by atoms with Crippen LogP contribution in [0.25, 0.3) is 0 Å². The second kappa shape index (κ2) is 7.78. The van der Waals surface area contributed by atoms with Gasteiger partial charge in [-0.1, -0.05) is 0 Å². The van der Waals surface area contributed by atoms with Gasteiger partial charge in [0.25, 0.3) is 0 Å². The number of aliphatic hydroxyl groups is 1. The summed E-state index contributed by atoms with van der Waals surface area (Å²) < 4.78 is 32.0. The molecule has 1 aliphatic rings. The number of benzene rings is 1. The third kappa shape index (κ3) is 4.14. The van der Waals surface area contributed by atoms with Crippen molar-refractivity contribution in [3.63, 3.8) is 0 Å². The van der Waals surface area contributed by atoms with Gasteiger partial charge in [0, 0.05) is 31.2 Å². The monoisotopic (exact) mass is 338 g/mol. The van der Waals surface area contributed by atoms with Crippen molar-refractivity contribution in [2.24, 2.45) is 0 Å². The molecule has 0 saturated carbocycles. The summed E-state index contributed by atoms with van der Waals surface area (Å²) in [5.74, 6) is 0.500. The van der Waals surface area contributed by atoms with Crippen LogP contribution in [0.1, 0.15) is 42.1 Å². The Hall–Kier alpha value is -1.90. The number of hydrogen-bond acceptors (Lipinski definition) is 5. The van der Waals surface area contributed by atoms with Crippen LogP contribution in [-0.4, -0.2) is 40.0 Å². The molecule has 1 aromatic heterocycles. The Morgan fingerprint density at radius 3 is 2.92 bits per heavy atom. The smallest absolute Gasteiger partial charge is 0.154 e. The topological polar surface area (TPSA) is 83.1 Å². The van der Waals surface area contributed by atoms with E-state index in [1.165, 1.54) is 0 Å². The fraction of sp³-hybridized carbons (Fsp3) is 0.500. The number of aromatic amines is 1. The first-order valence-corrected chi connectivity index (χ1v) is 7.96. The maximum Gasteiger partial charge on any atom is 0.154 e. The maximum atomic E-state index is 13.6.